The minimum Gasteiger partial charge on any atom is -0.370 e. The molecule has 1 aromatic carbocycles. The number of aromatic nitrogens is 2. The largest absolute Gasteiger partial charge is 0.370 e. The summed E-state index contributed by atoms with van der Waals surface area (Å²) in [5, 5.41) is 10.0. The maximum Gasteiger partial charge on any atom is 0.133 e. The van der Waals surface area contributed by atoms with Crippen LogP contribution in [0, 0.1) is 0 Å². The molecule has 1 aliphatic carbocycles. The van der Waals surface area contributed by atoms with Crippen LogP contribution in [0.25, 0.3) is 5.69 Å². The van der Waals surface area contributed by atoms with Gasteiger partial charge in [-0.25, -0.2) is 4.68 Å². The van der Waals surface area contributed by atoms with Crippen molar-refractivity contribution in [1.82, 2.24) is 9.78 Å². The molecular weight excluding hydrogens is 341 g/mol. The third-order valence-corrected chi connectivity index (χ3v) is 5.84. The summed E-state index contributed by atoms with van der Waals surface area (Å²) in [6, 6.07) is 5.59. The Hall–Kier alpha value is -1.19. The van der Waals surface area contributed by atoms with Gasteiger partial charge in [0, 0.05) is 23.0 Å². The average molecular weight is 364 g/mol. The van der Waals surface area contributed by atoms with E-state index in [1.54, 1.807) is 0 Å². The highest BCUT2D eigenvalue weighted by Crippen LogP contribution is 2.39. The number of nitrogens with one attached hydrogen (secondary N) is 1. The Bertz CT molecular complexity index is 732. The second-order valence-electron chi connectivity index (χ2n) is 6.94. The molecule has 0 radical (unpaired) electrons. The Labute approximate surface area is 153 Å². The van der Waals surface area contributed by atoms with Crippen LogP contribution in [-0.4, -0.2) is 16.3 Å². The molecule has 1 fully saturated rings. The first-order chi connectivity index (χ1) is 11.7. The number of rotatable bonds is 2. The highest BCUT2D eigenvalue weighted by molar-refractivity contribution is 6.34. The lowest BCUT2D eigenvalue weighted by atomic mass is 9.85. The van der Waals surface area contributed by atoms with Crippen molar-refractivity contribution in [2.45, 2.75) is 57.3 Å². The van der Waals surface area contributed by atoms with E-state index in [2.05, 4.69) is 5.32 Å². The maximum absolute atomic E-state index is 6.46. The zero-order valence-electron chi connectivity index (χ0n) is 13.8. The average Bonchev–Trinajstić information content (AvgIpc) is 2.79. The standard InChI is InChI=1S/C19H23Cl2N3/c20-14-9-10-16(21)17(12-14)24-19-15(8-4-5-11-22-19)18(23-24)13-6-2-1-3-7-13/h9-10,12-13,22H,1-8,11H2. The van der Waals surface area contributed by atoms with Gasteiger partial charge in [0.25, 0.3) is 0 Å². The molecule has 24 heavy (non-hydrogen) atoms. The summed E-state index contributed by atoms with van der Waals surface area (Å²) in [6.45, 7) is 0.987. The number of benzene rings is 1. The number of hydrogen-bond donors (Lipinski definition) is 1. The summed E-state index contributed by atoms with van der Waals surface area (Å²) in [5.41, 5.74) is 3.56. The molecule has 3 nitrogen and oxygen atoms in total. The molecule has 0 amide bonds. The zero-order chi connectivity index (χ0) is 16.5. The third-order valence-electron chi connectivity index (χ3n) is 5.29. The maximum atomic E-state index is 6.46. The van der Waals surface area contributed by atoms with E-state index >= 15 is 0 Å². The fourth-order valence-corrected chi connectivity index (χ4v) is 4.42. The third kappa shape index (κ3) is 3.04. The fourth-order valence-electron chi connectivity index (χ4n) is 4.06. The van der Waals surface area contributed by atoms with Gasteiger partial charge in [0.2, 0.25) is 0 Å². The van der Waals surface area contributed by atoms with E-state index in [9.17, 15) is 0 Å². The van der Waals surface area contributed by atoms with Crippen LogP contribution >= 0.6 is 23.2 Å². The molecule has 5 heteroatoms. The van der Waals surface area contributed by atoms with E-state index in [4.69, 9.17) is 28.3 Å². The van der Waals surface area contributed by atoms with Gasteiger partial charge < -0.3 is 5.32 Å². The van der Waals surface area contributed by atoms with Crippen molar-refractivity contribution >= 4 is 29.0 Å². The molecule has 0 bridgehead atoms. The lowest BCUT2D eigenvalue weighted by Crippen LogP contribution is -2.09. The first-order valence-corrected chi connectivity index (χ1v) is 9.81. The summed E-state index contributed by atoms with van der Waals surface area (Å²) in [7, 11) is 0. The van der Waals surface area contributed by atoms with Crippen molar-refractivity contribution in [2.24, 2.45) is 0 Å². The van der Waals surface area contributed by atoms with Crippen LogP contribution in [-0.2, 0) is 6.42 Å². The highest BCUT2D eigenvalue weighted by atomic mass is 35.5. The monoisotopic (exact) mass is 363 g/mol. The smallest absolute Gasteiger partial charge is 0.133 e. The number of fused-ring (bicyclic) bond motifs is 1. The van der Waals surface area contributed by atoms with Crippen molar-refractivity contribution in [3.63, 3.8) is 0 Å². The highest BCUT2D eigenvalue weighted by Gasteiger charge is 2.27. The minimum atomic E-state index is 0.589. The van der Waals surface area contributed by atoms with E-state index < -0.39 is 0 Å². The van der Waals surface area contributed by atoms with Crippen LogP contribution in [0.2, 0.25) is 10.0 Å². The SMILES string of the molecule is Clc1ccc(Cl)c(-n2nc(C3CCCCC3)c3c2NCCCC3)c1. The predicted molar refractivity (Wildman–Crippen MR) is 101 cm³/mol. The van der Waals surface area contributed by atoms with Gasteiger partial charge in [-0.15, -0.1) is 0 Å². The first kappa shape index (κ1) is 16.3. The molecule has 2 aliphatic rings. The van der Waals surface area contributed by atoms with Gasteiger partial charge >= 0.3 is 0 Å². The van der Waals surface area contributed by atoms with Gasteiger partial charge in [-0.1, -0.05) is 42.5 Å². The summed E-state index contributed by atoms with van der Waals surface area (Å²) in [6.07, 6.45) is 10.0. The van der Waals surface area contributed by atoms with E-state index in [-0.39, 0.29) is 0 Å². The molecule has 1 N–H and O–H groups in total. The van der Waals surface area contributed by atoms with Crippen LogP contribution in [0.4, 0.5) is 5.82 Å². The van der Waals surface area contributed by atoms with E-state index in [0.717, 1.165) is 24.5 Å². The van der Waals surface area contributed by atoms with Crippen molar-refractivity contribution in [2.75, 3.05) is 11.9 Å². The van der Waals surface area contributed by atoms with Gasteiger partial charge in [0.15, 0.2) is 0 Å². The quantitative estimate of drug-likeness (QED) is 0.711. The van der Waals surface area contributed by atoms with Gasteiger partial charge in [0.05, 0.1) is 16.4 Å². The van der Waals surface area contributed by atoms with Gasteiger partial charge in [-0.3, -0.25) is 0 Å². The van der Waals surface area contributed by atoms with Crippen molar-refractivity contribution < 1.29 is 0 Å². The molecule has 2 heterocycles. The van der Waals surface area contributed by atoms with Crippen molar-refractivity contribution in [1.29, 1.82) is 0 Å². The molecule has 0 unspecified atom stereocenters. The molecule has 1 aliphatic heterocycles. The van der Waals surface area contributed by atoms with Crippen molar-refractivity contribution in [3.8, 4) is 5.69 Å². The Morgan fingerprint density at radius 1 is 1.04 bits per heavy atom. The molecule has 0 saturated heterocycles. The van der Waals surface area contributed by atoms with Crippen molar-refractivity contribution in [3.05, 3.63) is 39.5 Å². The Kier molecular flexibility index (Phi) is 4.73. The van der Waals surface area contributed by atoms with Gasteiger partial charge in [0.1, 0.15) is 5.82 Å². The normalized spacial score (nSPS) is 18.8. The summed E-state index contributed by atoms with van der Waals surface area (Å²) >= 11 is 12.7. The van der Waals surface area contributed by atoms with Gasteiger partial charge in [-0.05, 0) is 50.3 Å². The number of anilines is 1. The minimum absolute atomic E-state index is 0.589. The second-order valence-corrected chi connectivity index (χ2v) is 7.78. The Morgan fingerprint density at radius 3 is 2.71 bits per heavy atom. The Balaban J connectivity index is 1.84. The number of nitrogens with zero attached hydrogens (tertiary/aromatic N) is 2. The molecule has 4 rings (SSSR count). The van der Waals surface area contributed by atoms with Crippen LogP contribution < -0.4 is 5.32 Å². The predicted octanol–water partition coefficient (Wildman–Crippen LogP) is 5.98. The summed E-state index contributed by atoms with van der Waals surface area (Å²) in [5.74, 6) is 1.71. The molecule has 1 aromatic heterocycles. The van der Waals surface area contributed by atoms with Crippen LogP contribution in [0.1, 0.15) is 62.1 Å². The zero-order valence-corrected chi connectivity index (χ0v) is 15.3. The van der Waals surface area contributed by atoms with Crippen LogP contribution in [0.15, 0.2) is 18.2 Å². The van der Waals surface area contributed by atoms with E-state index in [1.165, 1.54) is 56.2 Å². The number of halogens is 2. The molecule has 0 atom stereocenters. The van der Waals surface area contributed by atoms with Crippen LogP contribution in [0.3, 0.4) is 0 Å². The Morgan fingerprint density at radius 2 is 1.88 bits per heavy atom. The molecular formula is C19H23Cl2N3. The number of hydrogen-bond acceptors (Lipinski definition) is 2. The molecule has 0 spiro atoms. The molecule has 128 valence electrons. The molecule has 1 saturated carbocycles. The molecule has 2 aromatic rings. The first-order valence-electron chi connectivity index (χ1n) is 9.05. The fraction of sp³-hybridized carbons (Fsp3) is 0.526. The van der Waals surface area contributed by atoms with Gasteiger partial charge in [-0.2, -0.15) is 5.10 Å². The van der Waals surface area contributed by atoms with E-state index in [1.807, 2.05) is 22.9 Å². The lowest BCUT2D eigenvalue weighted by molar-refractivity contribution is 0.432. The van der Waals surface area contributed by atoms with E-state index in [0.29, 0.717) is 16.0 Å². The lowest BCUT2D eigenvalue weighted by Gasteiger charge is -2.20. The summed E-state index contributed by atoms with van der Waals surface area (Å²) < 4.78 is 2.00. The summed E-state index contributed by atoms with van der Waals surface area (Å²) in [4.78, 5) is 0. The van der Waals surface area contributed by atoms with Crippen LogP contribution in [0.5, 0.6) is 0 Å². The topological polar surface area (TPSA) is 29.9 Å². The second kappa shape index (κ2) is 6.97.